The molecule has 4 rings (SSSR count). The fourth-order valence-corrected chi connectivity index (χ4v) is 6.32. The molecule has 160 valence electrons. The molecule has 1 amide bonds. The average molecular weight is 448 g/mol. The van der Waals surface area contributed by atoms with Crippen molar-refractivity contribution < 1.29 is 17.9 Å². The third-order valence-corrected chi connectivity index (χ3v) is 8.36. The van der Waals surface area contributed by atoms with E-state index in [0.717, 1.165) is 24.6 Å². The third-order valence-electron chi connectivity index (χ3n) is 5.34. The number of amides is 1. The van der Waals surface area contributed by atoms with Gasteiger partial charge >= 0.3 is 0 Å². The zero-order chi connectivity index (χ0) is 21.3. The lowest BCUT2D eigenvalue weighted by atomic mass is 10.1. The number of nitrogens with one attached hydrogen (secondary N) is 1. The van der Waals surface area contributed by atoms with E-state index in [-0.39, 0.29) is 16.4 Å². The molecule has 1 fully saturated rings. The van der Waals surface area contributed by atoms with Crippen molar-refractivity contribution in [2.75, 3.05) is 47.9 Å². The van der Waals surface area contributed by atoms with Gasteiger partial charge in [0.25, 0.3) is 5.91 Å². The summed E-state index contributed by atoms with van der Waals surface area (Å²) in [6, 6.07) is 10.4. The number of rotatable bonds is 5. The smallest absolute Gasteiger partial charge is 0.259 e. The molecule has 1 N–H and O–H groups in total. The first-order valence-electron chi connectivity index (χ1n) is 10.0. The Labute approximate surface area is 181 Å². The number of thioether (sulfide) groups is 1. The molecule has 2 aliphatic heterocycles. The Hall–Kier alpha value is -2.23. The highest BCUT2D eigenvalue weighted by Crippen LogP contribution is 2.41. The van der Waals surface area contributed by atoms with Crippen LogP contribution in [0, 0.1) is 0 Å². The Bertz CT molecular complexity index is 1060. The van der Waals surface area contributed by atoms with E-state index in [9.17, 15) is 13.2 Å². The molecular weight excluding hydrogens is 422 g/mol. The first-order chi connectivity index (χ1) is 14.5. The van der Waals surface area contributed by atoms with Crippen LogP contribution < -0.4 is 15.0 Å². The van der Waals surface area contributed by atoms with E-state index in [2.05, 4.69) is 10.2 Å². The predicted molar refractivity (Wildman–Crippen MR) is 121 cm³/mol. The lowest BCUT2D eigenvalue weighted by Gasteiger charge is -2.32. The second-order valence-electron chi connectivity index (χ2n) is 7.06. The van der Waals surface area contributed by atoms with E-state index in [0.29, 0.717) is 36.0 Å². The number of carbonyl (C=O) groups is 1. The van der Waals surface area contributed by atoms with Crippen LogP contribution in [0.3, 0.4) is 0 Å². The normalized spacial score (nSPS) is 16.4. The number of anilines is 2. The van der Waals surface area contributed by atoms with Gasteiger partial charge in [-0.3, -0.25) is 4.79 Å². The summed E-state index contributed by atoms with van der Waals surface area (Å²) in [6.45, 7) is 5.83. The fourth-order valence-electron chi connectivity index (χ4n) is 3.74. The summed E-state index contributed by atoms with van der Waals surface area (Å²) in [5.74, 6) is 2.36. The van der Waals surface area contributed by atoms with E-state index in [1.807, 2.05) is 37.7 Å². The zero-order valence-corrected chi connectivity index (χ0v) is 18.7. The molecule has 30 heavy (non-hydrogen) atoms. The molecule has 2 aromatic rings. The topological polar surface area (TPSA) is 79.0 Å². The van der Waals surface area contributed by atoms with E-state index in [4.69, 9.17) is 4.74 Å². The monoisotopic (exact) mass is 447 g/mol. The van der Waals surface area contributed by atoms with Crippen LogP contribution in [0.2, 0.25) is 0 Å². The van der Waals surface area contributed by atoms with Crippen molar-refractivity contribution >= 4 is 39.1 Å². The van der Waals surface area contributed by atoms with Gasteiger partial charge in [0.15, 0.2) is 5.75 Å². The van der Waals surface area contributed by atoms with E-state index < -0.39 is 10.0 Å². The second-order valence-corrected chi connectivity index (χ2v) is 10.2. The van der Waals surface area contributed by atoms with Crippen LogP contribution in [0.25, 0.3) is 0 Å². The van der Waals surface area contributed by atoms with Gasteiger partial charge in [-0.05, 0) is 18.2 Å². The van der Waals surface area contributed by atoms with Crippen molar-refractivity contribution in [1.29, 1.82) is 0 Å². The molecule has 7 nitrogen and oxygen atoms in total. The van der Waals surface area contributed by atoms with Gasteiger partial charge < -0.3 is 15.0 Å². The highest BCUT2D eigenvalue weighted by Gasteiger charge is 2.32. The van der Waals surface area contributed by atoms with Crippen LogP contribution in [-0.4, -0.2) is 56.3 Å². The molecule has 0 atom stereocenters. The van der Waals surface area contributed by atoms with Crippen LogP contribution in [0.1, 0.15) is 24.2 Å². The predicted octanol–water partition coefficient (Wildman–Crippen LogP) is 3.63. The van der Waals surface area contributed by atoms with Crippen LogP contribution in [-0.2, 0) is 10.0 Å². The molecule has 2 aliphatic rings. The Kier molecular flexibility index (Phi) is 5.95. The van der Waals surface area contributed by atoms with Crippen LogP contribution in [0.4, 0.5) is 11.4 Å². The maximum absolute atomic E-state index is 13.5. The summed E-state index contributed by atoms with van der Waals surface area (Å²) in [6.07, 6.45) is 0. The Morgan fingerprint density at radius 2 is 1.80 bits per heavy atom. The van der Waals surface area contributed by atoms with E-state index in [1.54, 1.807) is 18.2 Å². The number of benzene rings is 2. The number of hydrogen-bond acceptors (Lipinski definition) is 6. The molecule has 2 aromatic carbocycles. The number of para-hydroxylation sites is 2. The zero-order valence-electron chi connectivity index (χ0n) is 17.1. The molecule has 0 spiro atoms. The van der Waals surface area contributed by atoms with Crippen LogP contribution in [0.5, 0.6) is 11.5 Å². The van der Waals surface area contributed by atoms with Gasteiger partial charge in [-0.15, -0.1) is 0 Å². The molecule has 0 aromatic heterocycles. The van der Waals surface area contributed by atoms with Crippen molar-refractivity contribution in [3.05, 3.63) is 42.0 Å². The van der Waals surface area contributed by atoms with Gasteiger partial charge in [-0.1, -0.05) is 26.0 Å². The molecule has 0 saturated carbocycles. The Balaban J connectivity index is 1.90. The maximum atomic E-state index is 13.5. The molecule has 2 heterocycles. The van der Waals surface area contributed by atoms with Gasteiger partial charge in [0.05, 0.1) is 16.9 Å². The van der Waals surface area contributed by atoms with Gasteiger partial charge in [0.2, 0.25) is 10.0 Å². The van der Waals surface area contributed by atoms with Crippen LogP contribution in [0.15, 0.2) is 41.3 Å². The number of ether oxygens (including phenoxy) is 1. The molecular formula is C21H25N3O4S2. The van der Waals surface area contributed by atoms with Crippen molar-refractivity contribution in [2.24, 2.45) is 0 Å². The van der Waals surface area contributed by atoms with Crippen molar-refractivity contribution in [3.63, 3.8) is 0 Å². The first kappa shape index (κ1) is 21.0. The fraction of sp³-hybridized carbons (Fsp3) is 0.381. The molecule has 0 radical (unpaired) electrons. The van der Waals surface area contributed by atoms with E-state index >= 15 is 0 Å². The molecule has 1 saturated heterocycles. The summed E-state index contributed by atoms with van der Waals surface area (Å²) in [7, 11) is -3.77. The standard InChI is InChI=1S/C21H25N3O4S2/c1-3-24(4-2)30(26,27)20-13-15-19(14-17(20)23-9-11-29-12-10-23)28-18-8-6-5-7-16(18)22-21(15)25/h5-8,13-14H,3-4,9-12H2,1-2H3,(H,22,25). The largest absolute Gasteiger partial charge is 0.454 e. The first-order valence-corrected chi connectivity index (χ1v) is 12.6. The number of sulfonamides is 1. The van der Waals surface area contributed by atoms with Crippen molar-refractivity contribution in [1.82, 2.24) is 4.31 Å². The SMILES string of the molecule is CCN(CC)S(=O)(=O)c1cc2c(cc1N1CCSCC1)Oc1ccccc1NC2=O. The molecule has 0 bridgehead atoms. The minimum atomic E-state index is -3.77. The minimum Gasteiger partial charge on any atom is -0.454 e. The van der Waals surface area contributed by atoms with Gasteiger partial charge in [-0.2, -0.15) is 16.1 Å². The second kappa shape index (κ2) is 8.49. The average Bonchev–Trinajstić information content (AvgIpc) is 2.89. The molecule has 0 unspecified atom stereocenters. The van der Waals surface area contributed by atoms with E-state index in [1.165, 1.54) is 10.4 Å². The molecule has 0 aliphatic carbocycles. The van der Waals surface area contributed by atoms with Crippen molar-refractivity contribution in [3.8, 4) is 11.5 Å². The lowest BCUT2D eigenvalue weighted by molar-refractivity contribution is 0.102. The Morgan fingerprint density at radius 1 is 1.10 bits per heavy atom. The highest BCUT2D eigenvalue weighted by molar-refractivity contribution is 7.99. The summed E-state index contributed by atoms with van der Waals surface area (Å²) in [5.41, 5.74) is 1.36. The number of fused-ring (bicyclic) bond motifs is 2. The van der Waals surface area contributed by atoms with Gasteiger partial charge in [-0.25, -0.2) is 8.42 Å². The minimum absolute atomic E-state index is 0.154. The summed E-state index contributed by atoms with van der Waals surface area (Å²) in [5, 5.41) is 2.82. The van der Waals surface area contributed by atoms with Crippen LogP contribution >= 0.6 is 11.8 Å². The highest BCUT2D eigenvalue weighted by atomic mass is 32.2. The lowest BCUT2D eigenvalue weighted by Crippen LogP contribution is -2.36. The number of nitrogens with zero attached hydrogens (tertiary/aromatic N) is 2. The summed E-state index contributed by atoms with van der Waals surface area (Å²) < 4.78 is 34.4. The number of carbonyl (C=O) groups excluding carboxylic acids is 1. The van der Waals surface area contributed by atoms with Gasteiger partial charge in [0.1, 0.15) is 10.6 Å². The Morgan fingerprint density at radius 3 is 2.50 bits per heavy atom. The molecule has 9 heteroatoms. The number of hydrogen-bond donors (Lipinski definition) is 1. The van der Waals surface area contributed by atoms with Gasteiger partial charge in [0, 0.05) is 43.8 Å². The maximum Gasteiger partial charge on any atom is 0.259 e. The van der Waals surface area contributed by atoms with Crippen molar-refractivity contribution in [2.45, 2.75) is 18.7 Å². The quantitative estimate of drug-likeness (QED) is 0.754. The summed E-state index contributed by atoms with van der Waals surface area (Å²) >= 11 is 1.85. The third kappa shape index (κ3) is 3.77. The summed E-state index contributed by atoms with van der Waals surface area (Å²) in [4.78, 5) is 15.2.